The second-order valence-corrected chi connectivity index (χ2v) is 6.80. The van der Waals surface area contributed by atoms with Gasteiger partial charge in [0.2, 0.25) is 0 Å². The van der Waals surface area contributed by atoms with Crippen molar-refractivity contribution in [3.63, 3.8) is 0 Å². The first-order valence-electron chi connectivity index (χ1n) is 8.91. The van der Waals surface area contributed by atoms with Crippen molar-refractivity contribution in [1.82, 2.24) is 10.1 Å². The van der Waals surface area contributed by atoms with Crippen molar-refractivity contribution in [3.05, 3.63) is 77.3 Å². The van der Waals surface area contributed by atoms with Crippen molar-refractivity contribution < 1.29 is 8.91 Å². The number of hydrogen-bond acceptors (Lipinski definition) is 3. The van der Waals surface area contributed by atoms with Gasteiger partial charge in [0.15, 0.2) is 17.5 Å². The predicted octanol–water partition coefficient (Wildman–Crippen LogP) is 4.63. The maximum Gasteiger partial charge on any atom is 0.199 e. The summed E-state index contributed by atoms with van der Waals surface area (Å²) in [5, 5.41) is 3.88. The zero-order valence-corrected chi connectivity index (χ0v) is 16.2. The highest BCUT2D eigenvalue weighted by Gasteiger charge is 2.07. The molecule has 0 saturated carbocycles. The summed E-state index contributed by atoms with van der Waals surface area (Å²) in [5.74, 6) is 1.09. The lowest BCUT2D eigenvalue weighted by atomic mass is 10.00. The molecule has 0 saturated heterocycles. The first-order chi connectivity index (χ1) is 13.4. The third kappa shape index (κ3) is 4.85. The molecule has 6 heteroatoms. The molecule has 0 aliphatic carbocycles. The third-order valence-electron chi connectivity index (χ3n) is 4.19. The smallest absolute Gasteiger partial charge is 0.199 e. The SMILES string of the molecule is CC(=Cc1cc(N=C(N)N(C)C)no1)Cc1ccc(-c2ccccc2)c(F)c1. The van der Waals surface area contributed by atoms with Gasteiger partial charge < -0.3 is 15.2 Å². The highest BCUT2D eigenvalue weighted by Crippen LogP contribution is 2.24. The largest absolute Gasteiger partial charge is 0.369 e. The molecule has 3 aromatic rings. The monoisotopic (exact) mass is 378 g/mol. The minimum absolute atomic E-state index is 0.230. The molecule has 0 bridgehead atoms. The average molecular weight is 378 g/mol. The normalized spacial score (nSPS) is 12.3. The van der Waals surface area contributed by atoms with E-state index >= 15 is 0 Å². The maximum atomic E-state index is 14.5. The molecular formula is C22H23FN4O. The van der Waals surface area contributed by atoms with Gasteiger partial charge in [0.1, 0.15) is 5.82 Å². The standard InChI is InChI=1S/C22H23FN4O/c1-15(12-18-14-21(26-28-18)25-22(24)27(2)3)11-16-9-10-19(20(23)13-16)17-7-5-4-6-8-17/h4-10,12-14H,11H2,1-3H3,(H2,24,25,26). The summed E-state index contributed by atoms with van der Waals surface area (Å²) in [6, 6.07) is 16.6. The van der Waals surface area contributed by atoms with Gasteiger partial charge in [0.25, 0.3) is 0 Å². The van der Waals surface area contributed by atoms with E-state index in [1.54, 1.807) is 31.1 Å². The lowest BCUT2D eigenvalue weighted by Crippen LogP contribution is -2.29. The van der Waals surface area contributed by atoms with Gasteiger partial charge in [-0.1, -0.05) is 53.2 Å². The summed E-state index contributed by atoms with van der Waals surface area (Å²) in [6.07, 6.45) is 2.46. The van der Waals surface area contributed by atoms with E-state index in [1.165, 1.54) is 0 Å². The number of nitrogens with two attached hydrogens (primary N) is 1. The molecule has 3 rings (SSSR count). The number of benzene rings is 2. The molecular weight excluding hydrogens is 355 g/mol. The van der Waals surface area contributed by atoms with Crippen LogP contribution in [0.25, 0.3) is 17.2 Å². The molecule has 2 N–H and O–H groups in total. The van der Waals surface area contributed by atoms with Crippen molar-refractivity contribution in [2.45, 2.75) is 13.3 Å². The fourth-order valence-electron chi connectivity index (χ4n) is 2.75. The highest BCUT2D eigenvalue weighted by atomic mass is 19.1. The lowest BCUT2D eigenvalue weighted by molar-refractivity contribution is 0.414. The van der Waals surface area contributed by atoms with Crippen LogP contribution >= 0.6 is 0 Å². The molecule has 0 aliphatic rings. The number of nitrogens with zero attached hydrogens (tertiary/aromatic N) is 3. The van der Waals surface area contributed by atoms with Crippen LogP contribution in [0.3, 0.4) is 0 Å². The summed E-state index contributed by atoms with van der Waals surface area (Å²) >= 11 is 0. The zero-order valence-electron chi connectivity index (χ0n) is 16.2. The van der Waals surface area contributed by atoms with Crippen molar-refractivity contribution >= 4 is 17.9 Å². The van der Waals surface area contributed by atoms with Crippen molar-refractivity contribution in [2.24, 2.45) is 10.7 Å². The molecule has 2 aromatic carbocycles. The van der Waals surface area contributed by atoms with E-state index in [1.807, 2.05) is 55.5 Å². The summed E-state index contributed by atoms with van der Waals surface area (Å²) < 4.78 is 19.8. The van der Waals surface area contributed by atoms with E-state index in [2.05, 4.69) is 10.1 Å². The van der Waals surface area contributed by atoms with Gasteiger partial charge in [0.05, 0.1) is 0 Å². The van der Waals surface area contributed by atoms with Gasteiger partial charge >= 0.3 is 0 Å². The van der Waals surface area contributed by atoms with E-state index in [-0.39, 0.29) is 5.82 Å². The molecule has 28 heavy (non-hydrogen) atoms. The molecule has 0 atom stereocenters. The Morgan fingerprint density at radius 1 is 1.18 bits per heavy atom. The molecule has 0 radical (unpaired) electrons. The minimum Gasteiger partial charge on any atom is -0.369 e. The van der Waals surface area contributed by atoms with Gasteiger partial charge in [-0.25, -0.2) is 4.39 Å². The molecule has 1 aromatic heterocycles. The number of rotatable bonds is 5. The van der Waals surface area contributed by atoms with Gasteiger partial charge in [-0.3, -0.25) is 0 Å². The Morgan fingerprint density at radius 2 is 1.93 bits per heavy atom. The maximum absolute atomic E-state index is 14.5. The fourth-order valence-corrected chi connectivity index (χ4v) is 2.75. The second kappa shape index (κ2) is 8.52. The molecule has 1 heterocycles. The Bertz CT molecular complexity index is 1010. The van der Waals surface area contributed by atoms with Gasteiger partial charge in [0, 0.05) is 25.7 Å². The fraction of sp³-hybridized carbons (Fsp3) is 0.182. The van der Waals surface area contributed by atoms with Crippen LogP contribution in [0.4, 0.5) is 10.2 Å². The third-order valence-corrected chi connectivity index (χ3v) is 4.19. The van der Waals surface area contributed by atoms with Crippen LogP contribution in [0.15, 0.2) is 69.7 Å². The van der Waals surface area contributed by atoms with Gasteiger partial charge in [-0.2, -0.15) is 4.99 Å². The number of aliphatic imine (C=N–C) groups is 1. The first kappa shape index (κ1) is 19.4. The Kier molecular flexibility index (Phi) is 5.89. The Morgan fingerprint density at radius 3 is 2.61 bits per heavy atom. The number of guanidine groups is 1. The van der Waals surface area contributed by atoms with E-state index < -0.39 is 0 Å². The second-order valence-electron chi connectivity index (χ2n) is 6.80. The Balaban J connectivity index is 1.73. The topological polar surface area (TPSA) is 67.7 Å². The van der Waals surface area contributed by atoms with Crippen molar-refractivity contribution in [3.8, 4) is 11.1 Å². The molecule has 0 aliphatic heterocycles. The van der Waals surface area contributed by atoms with E-state index in [4.69, 9.17) is 10.3 Å². The van der Waals surface area contributed by atoms with Gasteiger partial charge in [-0.05, 0) is 36.6 Å². The Hall–Kier alpha value is -3.41. The number of hydrogen-bond donors (Lipinski definition) is 1. The van der Waals surface area contributed by atoms with Crippen LogP contribution in [-0.2, 0) is 6.42 Å². The summed E-state index contributed by atoms with van der Waals surface area (Å²) in [5.41, 5.74) is 9.14. The van der Waals surface area contributed by atoms with Crippen LogP contribution < -0.4 is 5.73 Å². The minimum atomic E-state index is -0.230. The highest BCUT2D eigenvalue weighted by molar-refractivity contribution is 5.80. The Labute approximate surface area is 164 Å². The van der Waals surface area contributed by atoms with E-state index in [0.717, 1.165) is 16.7 Å². The van der Waals surface area contributed by atoms with Crippen molar-refractivity contribution in [2.75, 3.05) is 14.1 Å². The number of allylic oxidation sites excluding steroid dienone is 1. The average Bonchev–Trinajstić information content (AvgIpc) is 3.09. The van der Waals surface area contributed by atoms with Crippen LogP contribution in [0.1, 0.15) is 18.2 Å². The molecule has 0 unspecified atom stereocenters. The number of halogens is 1. The van der Waals surface area contributed by atoms with Gasteiger partial charge in [-0.15, -0.1) is 0 Å². The molecule has 0 fully saturated rings. The van der Waals surface area contributed by atoms with E-state index in [9.17, 15) is 4.39 Å². The first-order valence-corrected chi connectivity index (χ1v) is 8.91. The van der Waals surface area contributed by atoms with E-state index in [0.29, 0.717) is 29.5 Å². The van der Waals surface area contributed by atoms with Crippen LogP contribution in [0, 0.1) is 5.82 Å². The quantitative estimate of drug-likeness (QED) is 0.519. The number of aromatic nitrogens is 1. The van der Waals surface area contributed by atoms with Crippen molar-refractivity contribution in [1.29, 1.82) is 0 Å². The predicted molar refractivity (Wildman–Crippen MR) is 111 cm³/mol. The summed E-state index contributed by atoms with van der Waals surface area (Å²) in [4.78, 5) is 5.84. The molecule has 5 nitrogen and oxygen atoms in total. The zero-order chi connectivity index (χ0) is 20.1. The summed E-state index contributed by atoms with van der Waals surface area (Å²) in [6.45, 7) is 1.96. The molecule has 0 amide bonds. The molecule has 0 spiro atoms. The summed E-state index contributed by atoms with van der Waals surface area (Å²) in [7, 11) is 3.60. The lowest BCUT2D eigenvalue weighted by Gasteiger charge is -2.08. The molecule has 144 valence electrons. The van der Waals surface area contributed by atoms with Crippen LogP contribution in [-0.4, -0.2) is 30.1 Å². The van der Waals surface area contributed by atoms with Crippen LogP contribution in [0.2, 0.25) is 0 Å². The van der Waals surface area contributed by atoms with Crippen LogP contribution in [0.5, 0.6) is 0 Å².